The lowest BCUT2D eigenvalue weighted by Gasteiger charge is -1.86. The van der Waals surface area contributed by atoms with Crippen molar-refractivity contribution in [2.45, 2.75) is 0 Å². The Morgan fingerprint density at radius 3 is 2.93 bits per heavy atom. The van der Waals surface area contributed by atoms with E-state index in [1.807, 2.05) is 29.7 Å². The van der Waals surface area contributed by atoms with E-state index < -0.39 is 0 Å². The maximum Gasteiger partial charge on any atom is 0.263 e. The zero-order valence-electron chi connectivity index (χ0n) is 7.60. The standard InChI is InChI=1S/C10H7NOS3/c12-9-8(15-10(13)11-9)5-1-3-7-4-2-6-14-7/h1-6H,(H,11,12,13)/b3-1+,8-5-. The summed E-state index contributed by atoms with van der Waals surface area (Å²) in [6.07, 6.45) is 5.60. The van der Waals surface area contributed by atoms with Crippen LogP contribution < -0.4 is 5.32 Å². The first-order valence-electron chi connectivity index (χ1n) is 4.21. The summed E-state index contributed by atoms with van der Waals surface area (Å²) in [6, 6.07) is 4.01. The molecule has 0 radical (unpaired) electrons. The lowest BCUT2D eigenvalue weighted by molar-refractivity contribution is -0.115. The molecule has 1 aromatic rings. The van der Waals surface area contributed by atoms with E-state index in [2.05, 4.69) is 5.32 Å². The quantitative estimate of drug-likeness (QED) is 0.649. The number of carbonyl (C=O) groups excluding carboxylic acids is 1. The molecule has 0 saturated carbocycles. The van der Waals surface area contributed by atoms with Crippen molar-refractivity contribution < 1.29 is 4.79 Å². The molecule has 0 aromatic carbocycles. The number of amides is 1. The summed E-state index contributed by atoms with van der Waals surface area (Å²) >= 11 is 7.82. The fourth-order valence-corrected chi connectivity index (χ4v) is 2.68. The van der Waals surface area contributed by atoms with Crippen molar-refractivity contribution in [1.82, 2.24) is 5.32 Å². The number of nitrogens with one attached hydrogen (secondary N) is 1. The van der Waals surface area contributed by atoms with E-state index >= 15 is 0 Å². The maximum atomic E-state index is 11.3. The normalized spacial score (nSPS) is 19.1. The van der Waals surface area contributed by atoms with E-state index in [9.17, 15) is 4.79 Å². The summed E-state index contributed by atoms with van der Waals surface area (Å²) in [4.78, 5) is 13.1. The predicted octanol–water partition coefficient (Wildman–Crippen LogP) is 2.79. The second kappa shape index (κ2) is 4.74. The van der Waals surface area contributed by atoms with E-state index in [1.165, 1.54) is 11.8 Å². The van der Waals surface area contributed by atoms with Crippen molar-refractivity contribution in [2.75, 3.05) is 0 Å². The summed E-state index contributed by atoms with van der Waals surface area (Å²) in [5, 5.41) is 4.58. The molecule has 1 amide bonds. The first-order valence-corrected chi connectivity index (χ1v) is 6.31. The first-order chi connectivity index (χ1) is 7.25. The minimum atomic E-state index is -0.110. The van der Waals surface area contributed by atoms with Gasteiger partial charge in [0.05, 0.1) is 4.91 Å². The number of thiophene rings is 1. The fraction of sp³-hybridized carbons (Fsp3) is 0. The predicted molar refractivity (Wildman–Crippen MR) is 69.8 cm³/mol. The Bertz CT molecular complexity index is 445. The highest BCUT2D eigenvalue weighted by atomic mass is 32.2. The van der Waals surface area contributed by atoms with Gasteiger partial charge in [-0.3, -0.25) is 4.79 Å². The Morgan fingerprint density at radius 2 is 2.33 bits per heavy atom. The summed E-state index contributed by atoms with van der Waals surface area (Å²) < 4.78 is 0.524. The van der Waals surface area contributed by atoms with Crippen molar-refractivity contribution in [3.05, 3.63) is 39.4 Å². The highest BCUT2D eigenvalue weighted by Crippen LogP contribution is 2.23. The highest BCUT2D eigenvalue weighted by molar-refractivity contribution is 8.26. The van der Waals surface area contributed by atoms with Gasteiger partial charge in [0.2, 0.25) is 0 Å². The third kappa shape index (κ3) is 2.77. The average Bonchev–Trinajstić information content (AvgIpc) is 2.77. The first kappa shape index (κ1) is 10.6. The van der Waals surface area contributed by atoms with Crippen LogP contribution in [-0.4, -0.2) is 10.2 Å². The molecule has 1 aliphatic heterocycles. The Morgan fingerprint density at radius 1 is 1.47 bits per heavy atom. The molecule has 1 fully saturated rings. The summed E-state index contributed by atoms with van der Waals surface area (Å²) in [6.45, 7) is 0. The molecule has 76 valence electrons. The zero-order chi connectivity index (χ0) is 10.7. The van der Waals surface area contributed by atoms with Crippen LogP contribution in [0.2, 0.25) is 0 Å². The van der Waals surface area contributed by atoms with Crippen LogP contribution in [0.15, 0.2) is 34.6 Å². The lowest BCUT2D eigenvalue weighted by Crippen LogP contribution is -2.17. The van der Waals surface area contributed by atoms with Crippen LogP contribution in [0.1, 0.15) is 4.88 Å². The van der Waals surface area contributed by atoms with Gasteiger partial charge < -0.3 is 5.32 Å². The van der Waals surface area contributed by atoms with Gasteiger partial charge in [0.1, 0.15) is 4.32 Å². The van der Waals surface area contributed by atoms with Crippen molar-refractivity contribution in [1.29, 1.82) is 0 Å². The molecular weight excluding hydrogens is 246 g/mol. The summed E-state index contributed by atoms with van der Waals surface area (Å²) in [7, 11) is 0. The van der Waals surface area contributed by atoms with Crippen LogP contribution in [0.3, 0.4) is 0 Å². The number of thioether (sulfide) groups is 1. The Hall–Kier alpha value is -0.910. The Balaban J connectivity index is 2.06. The van der Waals surface area contributed by atoms with Crippen LogP contribution in [0, 0.1) is 0 Å². The minimum Gasteiger partial charge on any atom is -0.307 e. The second-order valence-electron chi connectivity index (χ2n) is 2.75. The van der Waals surface area contributed by atoms with Crippen molar-refractivity contribution in [3.8, 4) is 0 Å². The molecule has 2 heterocycles. The number of hydrogen-bond acceptors (Lipinski definition) is 4. The van der Waals surface area contributed by atoms with Gasteiger partial charge in [-0.25, -0.2) is 0 Å². The molecule has 2 nitrogen and oxygen atoms in total. The van der Waals surface area contributed by atoms with Gasteiger partial charge in [-0.1, -0.05) is 36.1 Å². The molecule has 0 spiro atoms. The van der Waals surface area contributed by atoms with Crippen molar-refractivity contribution in [2.24, 2.45) is 0 Å². The zero-order valence-corrected chi connectivity index (χ0v) is 10.0. The second-order valence-corrected chi connectivity index (χ2v) is 5.45. The highest BCUT2D eigenvalue weighted by Gasteiger charge is 2.20. The fourth-order valence-electron chi connectivity index (χ4n) is 1.05. The van der Waals surface area contributed by atoms with Gasteiger partial charge in [-0.15, -0.1) is 11.3 Å². The third-order valence-corrected chi connectivity index (χ3v) is 3.71. The molecule has 1 N–H and O–H groups in total. The van der Waals surface area contributed by atoms with Gasteiger partial charge in [0.15, 0.2) is 0 Å². The van der Waals surface area contributed by atoms with Gasteiger partial charge in [0, 0.05) is 4.88 Å². The topological polar surface area (TPSA) is 29.1 Å². The molecule has 0 unspecified atom stereocenters. The van der Waals surface area contributed by atoms with Gasteiger partial charge in [0.25, 0.3) is 5.91 Å². The van der Waals surface area contributed by atoms with Gasteiger partial charge >= 0.3 is 0 Å². The molecule has 15 heavy (non-hydrogen) atoms. The molecule has 1 saturated heterocycles. The van der Waals surface area contributed by atoms with Crippen LogP contribution in [0.25, 0.3) is 6.08 Å². The maximum absolute atomic E-state index is 11.3. The molecule has 0 atom stereocenters. The molecule has 0 bridgehead atoms. The third-order valence-electron chi connectivity index (χ3n) is 1.69. The van der Waals surface area contributed by atoms with Crippen LogP contribution in [0.4, 0.5) is 0 Å². The smallest absolute Gasteiger partial charge is 0.263 e. The summed E-state index contributed by atoms with van der Waals surface area (Å²) in [5.41, 5.74) is 0. The largest absolute Gasteiger partial charge is 0.307 e. The average molecular weight is 253 g/mol. The van der Waals surface area contributed by atoms with Gasteiger partial charge in [-0.2, -0.15) is 0 Å². The molecule has 1 aromatic heterocycles. The van der Waals surface area contributed by atoms with Crippen LogP contribution in [0.5, 0.6) is 0 Å². The molecule has 1 aliphatic rings. The molecular formula is C10H7NOS3. The molecule has 2 rings (SSSR count). The monoisotopic (exact) mass is 253 g/mol. The molecule has 5 heteroatoms. The number of thiocarbonyl (C=S) groups is 1. The van der Waals surface area contributed by atoms with E-state index in [-0.39, 0.29) is 5.91 Å². The minimum absolute atomic E-state index is 0.110. The van der Waals surface area contributed by atoms with E-state index in [1.54, 1.807) is 17.4 Å². The van der Waals surface area contributed by atoms with E-state index in [0.717, 1.165) is 4.88 Å². The number of allylic oxidation sites excluding steroid dienone is 2. The van der Waals surface area contributed by atoms with Crippen LogP contribution >= 0.6 is 35.3 Å². The SMILES string of the molecule is O=C1NC(=S)S/C1=C\C=C\c1cccs1. The summed E-state index contributed by atoms with van der Waals surface area (Å²) in [5.74, 6) is -0.110. The molecule has 0 aliphatic carbocycles. The Labute approximate surface area is 101 Å². The van der Waals surface area contributed by atoms with E-state index in [0.29, 0.717) is 9.23 Å². The van der Waals surface area contributed by atoms with Crippen molar-refractivity contribution in [3.63, 3.8) is 0 Å². The van der Waals surface area contributed by atoms with Crippen molar-refractivity contribution >= 4 is 51.6 Å². The Kier molecular flexibility index (Phi) is 3.35. The lowest BCUT2D eigenvalue weighted by atomic mass is 10.4. The van der Waals surface area contributed by atoms with E-state index in [4.69, 9.17) is 12.2 Å². The van der Waals surface area contributed by atoms with Gasteiger partial charge in [-0.05, 0) is 23.6 Å². The number of carbonyl (C=O) groups is 1. The van der Waals surface area contributed by atoms with Crippen LogP contribution in [-0.2, 0) is 4.79 Å². The number of hydrogen-bond donors (Lipinski definition) is 1. The number of rotatable bonds is 2.